The van der Waals surface area contributed by atoms with Crippen LogP contribution in [-0.2, 0) is 22.5 Å². The number of aryl methyl sites for hydroxylation is 1. The number of amides is 1. The Kier molecular flexibility index (Phi) is 6.73. The maximum absolute atomic E-state index is 13.3. The first-order chi connectivity index (χ1) is 17.1. The lowest BCUT2D eigenvalue weighted by Crippen LogP contribution is -2.41. The molecule has 0 radical (unpaired) electrons. The molecule has 0 saturated carbocycles. The lowest BCUT2D eigenvalue weighted by molar-refractivity contribution is -0.121. The molecule has 1 aliphatic heterocycles. The van der Waals surface area contributed by atoms with Gasteiger partial charge in [-0.05, 0) is 29.8 Å². The maximum atomic E-state index is 13.3. The van der Waals surface area contributed by atoms with E-state index in [4.69, 9.17) is 4.74 Å². The van der Waals surface area contributed by atoms with Crippen LogP contribution in [0.5, 0.6) is 5.75 Å². The lowest BCUT2D eigenvalue weighted by atomic mass is 10.2. The van der Waals surface area contributed by atoms with E-state index in [1.165, 1.54) is 0 Å². The number of phenolic OH excluding ortho intramolecular Hbond substituents is 1. The molecular formula is C25H28N6O4. The minimum atomic E-state index is -0.166. The SMILES string of the molecule is O=C(CCc1nnc2n(Cc3ccc(O)cc3)c(=O)c3ccccc3n12)NCCN1CCOCC1. The summed E-state index contributed by atoms with van der Waals surface area (Å²) in [6, 6.07) is 14.1. The van der Waals surface area contributed by atoms with Crippen molar-refractivity contribution in [1.29, 1.82) is 0 Å². The van der Waals surface area contributed by atoms with Gasteiger partial charge in [-0.3, -0.25) is 23.5 Å². The summed E-state index contributed by atoms with van der Waals surface area (Å²) in [4.78, 5) is 28.0. The Morgan fingerprint density at radius 2 is 1.83 bits per heavy atom. The third kappa shape index (κ3) is 5.03. The van der Waals surface area contributed by atoms with E-state index in [0.717, 1.165) is 38.4 Å². The molecule has 35 heavy (non-hydrogen) atoms. The van der Waals surface area contributed by atoms with Gasteiger partial charge >= 0.3 is 0 Å². The van der Waals surface area contributed by atoms with Gasteiger partial charge in [0, 0.05) is 39.0 Å². The number of aromatic hydroxyl groups is 1. The number of nitrogens with one attached hydrogen (secondary N) is 1. The molecule has 182 valence electrons. The van der Waals surface area contributed by atoms with Gasteiger partial charge in [0.25, 0.3) is 5.56 Å². The van der Waals surface area contributed by atoms with Crippen molar-refractivity contribution in [3.05, 3.63) is 70.3 Å². The highest BCUT2D eigenvalue weighted by Crippen LogP contribution is 2.17. The molecule has 2 N–H and O–H groups in total. The van der Waals surface area contributed by atoms with Crippen LogP contribution in [0.4, 0.5) is 0 Å². The van der Waals surface area contributed by atoms with Crippen molar-refractivity contribution in [1.82, 2.24) is 29.4 Å². The summed E-state index contributed by atoms with van der Waals surface area (Å²) in [5, 5.41) is 21.8. The molecule has 5 rings (SSSR count). The highest BCUT2D eigenvalue weighted by Gasteiger charge is 2.17. The fraction of sp³-hybridized carbons (Fsp3) is 0.360. The fourth-order valence-electron chi connectivity index (χ4n) is 4.39. The van der Waals surface area contributed by atoms with Crippen molar-refractivity contribution in [3.8, 4) is 5.75 Å². The number of hydrogen-bond acceptors (Lipinski definition) is 7. The molecule has 10 heteroatoms. The number of ether oxygens (including phenoxy) is 1. The minimum Gasteiger partial charge on any atom is -0.508 e. The predicted octanol–water partition coefficient (Wildman–Crippen LogP) is 1.18. The van der Waals surface area contributed by atoms with Crippen molar-refractivity contribution in [3.63, 3.8) is 0 Å². The smallest absolute Gasteiger partial charge is 0.263 e. The molecule has 1 saturated heterocycles. The van der Waals surface area contributed by atoms with E-state index in [0.29, 0.717) is 35.5 Å². The molecule has 0 spiro atoms. The second-order valence-electron chi connectivity index (χ2n) is 8.63. The molecular weight excluding hydrogens is 448 g/mol. The van der Waals surface area contributed by atoms with Crippen LogP contribution in [-0.4, -0.2) is 74.5 Å². The Bertz CT molecular complexity index is 1390. The van der Waals surface area contributed by atoms with Crippen molar-refractivity contribution in [2.45, 2.75) is 19.4 Å². The summed E-state index contributed by atoms with van der Waals surface area (Å²) < 4.78 is 8.79. The van der Waals surface area contributed by atoms with E-state index >= 15 is 0 Å². The number of benzene rings is 2. The number of carbonyl (C=O) groups is 1. The van der Waals surface area contributed by atoms with Crippen LogP contribution in [0.25, 0.3) is 16.7 Å². The van der Waals surface area contributed by atoms with Crippen LogP contribution in [0.15, 0.2) is 53.3 Å². The van der Waals surface area contributed by atoms with E-state index in [2.05, 4.69) is 20.4 Å². The van der Waals surface area contributed by atoms with E-state index in [1.807, 2.05) is 22.6 Å². The molecule has 4 aromatic rings. The van der Waals surface area contributed by atoms with E-state index < -0.39 is 0 Å². The van der Waals surface area contributed by atoms with Crippen LogP contribution in [0.2, 0.25) is 0 Å². The average Bonchev–Trinajstić information content (AvgIpc) is 3.31. The molecule has 0 bridgehead atoms. The molecule has 1 fully saturated rings. The number of hydrogen-bond donors (Lipinski definition) is 2. The van der Waals surface area contributed by atoms with Crippen LogP contribution in [0, 0.1) is 0 Å². The van der Waals surface area contributed by atoms with Gasteiger partial charge in [0.2, 0.25) is 11.7 Å². The van der Waals surface area contributed by atoms with Gasteiger partial charge in [0.15, 0.2) is 0 Å². The molecule has 0 atom stereocenters. The lowest BCUT2D eigenvalue weighted by Gasteiger charge is -2.26. The zero-order chi connectivity index (χ0) is 24.2. The first-order valence-electron chi connectivity index (χ1n) is 11.8. The van der Waals surface area contributed by atoms with Gasteiger partial charge in [-0.25, -0.2) is 0 Å². The molecule has 1 aliphatic rings. The summed E-state index contributed by atoms with van der Waals surface area (Å²) in [5.74, 6) is 1.16. The minimum absolute atomic E-state index is 0.0447. The summed E-state index contributed by atoms with van der Waals surface area (Å²) >= 11 is 0. The van der Waals surface area contributed by atoms with Gasteiger partial charge in [0.05, 0.1) is 30.7 Å². The number of nitrogens with zero attached hydrogens (tertiary/aromatic N) is 5. The Hall–Kier alpha value is -3.76. The zero-order valence-corrected chi connectivity index (χ0v) is 19.4. The van der Waals surface area contributed by atoms with Crippen LogP contribution < -0.4 is 10.9 Å². The Morgan fingerprint density at radius 3 is 2.63 bits per heavy atom. The van der Waals surface area contributed by atoms with Crippen LogP contribution in [0.3, 0.4) is 0 Å². The van der Waals surface area contributed by atoms with Crippen molar-refractivity contribution >= 4 is 22.6 Å². The normalized spacial score (nSPS) is 14.5. The Labute approximate surface area is 201 Å². The number of phenols is 1. The second-order valence-corrected chi connectivity index (χ2v) is 8.63. The monoisotopic (exact) mass is 476 g/mol. The van der Waals surface area contributed by atoms with Gasteiger partial charge in [-0.2, -0.15) is 0 Å². The number of para-hydroxylation sites is 1. The molecule has 2 aromatic heterocycles. The van der Waals surface area contributed by atoms with Gasteiger partial charge in [-0.15, -0.1) is 10.2 Å². The van der Waals surface area contributed by atoms with Crippen LogP contribution >= 0.6 is 0 Å². The fourth-order valence-corrected chi connectivity index (χ4v) is 4.39. The predicted molar refractivity (Wildman–Crippen MR) is 131 cm³/mol. The largest absolute Gasteiger partial charge is 0.508 e. The average molecular weight is 477 g/mol. The molecule has 3 heterocycles. The number of fused-ring (bicyclic) bond motifs is 3. The van der Waals surface area contributed by atoms with E-state index in [1.54, 1.807) is 34.9 Å². The summed E-state index contributed by atoms with van der Waals surface area (Å²) in [7, 11) is 0. The molecule has 1 amide bonds. The molecule has 0 aliphatic carbocycles. The molecule has 0 unspecified atom stereocenters. The summed E-state index contributed by atoms with van der Waals surface area (Å²) in [6.07, 6.45) is 0.668. The maximum Gasteiger partial charge on any atom is 0.263 e. The van der Waals surface area contributed by atoms with Gasteiger partial charge in [-0.1, -0.05) is 24.3 Å². The van der Waals surface area contributed by atoms with Crippen molar-refractivity contribution in [2.75, 3.05) is 39.4 Å². The Morgan fingerprint density at radius 1 is 1.06 bits per heavy atom. The van der Waals surface area contributed by atoms with E-state index in [9.17, 15) is 14.7 Å². The van der Waals surface area contributed by atoms with Gasteiger partial charge in [0.1, 0.15) is 11.6 Å². The quantitative estimate of drug-likeness (QED) is 0.393. The van der Waals surface area contributed by atoms with Crippen molar-refractivity contribution < 1.29 is 14.6 Å². The topological polar surface area (TPSA) is 114 Å². The number of aromatic nitrogens is 4. The number of rotatable bonds is 8. The number of morpholine rings is 1. The third-order valence-electron chi connectivity index (χ3n) is 6.28. The molecule has 2 aromatic carbocycles. The van der Waals surface area contributed by atoms with Crippen molar-refractivity contribution in [2.24, 2.45) is 0 Å². The zero-order valence-electron chi connectivity index (χ0n) is 19.4. The third-order valence-corrected chi connectivity index (χ3v) is 6.28. The first kappa shape index (κ1) is 23.0. The van der Waals surface area contributed by atoms with E-state index in [-0.39, 0.29) is 30.2 Å². The van der Waals surface area contributed by atoms with Gasteiger partial charge < -0.3 is 15.2 Å². The summed E-state index contributed by atoms with van der Waals surface area (Å²) in [5.41, 5.74) is 1.40. The highest BCUT2D eigenvalue weighted by molar-refractivity contribution is 5.80. The highest BCUT2D eigenvalue weighted by atomic mass is 16.5. The molecule has 10 nitrogen and oxygen atoms in total. The first-order valence-corrected chi connectivity index (χ1v) is 11.8. The number of carbonyl (C=O) groups excluding carboxylic acids is 1. The van der Waals surface area contributed by atoms with Crippen LogP contribution in [0.1, 0.15) is 17.8 Å². The Balaban J connectivity index is 1.36. The standard InChI is InChI=1S/C25H28N6O4/c32-19-7-5-18(6-8-19)17-30-24(34)20-3-1-2-4-21(20)31-22(27-28-25(30)31)9-10-23(33)26-11-12-29-13-15-35-16-14-29/h1-8,32H,9-17H2,(H,26,33). The second kappa shape index (κ2) is 10.2. The summed E-state index contributed by atoms with van der Waals surface area (Å²) in [6.45, 7) is 4.93.